The molecule has 1 atom stereocenters. The first-order valence-corrected chi connectivity index (χ1v) is 6.69. The van der Waals surface area contributed by atoms with Crippen LogP contribution in [0.25, 0.3) is 0 Å². The van der Waals surface area contributed by atoms with Crippen molar-refractivity contribution in [3.63, 3.8) is 0 Å². The first-order chi connectivity index (χ1) is 9.29. The molecule has 0 radical (unpaired) electrons. The molecule has 1 aliphatic rings. The zero-order chi connectivity index (χ0) is 15.2. The SMILES string of the molecule is COC1(CNC(=O)NC(C)(C)CCC(=O)O)CCOC1. The second kappa shape index (κ2) is 6.90. The van der Waals surface area contributed by atoms with Gasteiger partial charge in [0.15, 0.2) is 0 Å². The minimum Gasteiger partial charge on any atom is -0.481 e. The Morgan fingerprint density at radius 3 is 2.65 bits per heavy atom. The highest BCUT2D eigenvalue weighted by molar-refractivity contribution is 5.75. The molecular weight excluding hydrogens is 264 g/mol. The van der Waals surface area contributed by atoms with Gasteiger partial charge >= 0.3 is 12.0 Å². The number of methoxy groups -OCH3 is 1. The predicted molar refractivity (Wildman–Crippen MR) is 72.7 cm³/mol. The average Bonchev–Trinajstić information content (AvgIpc) is 2.83. The van der Waals surface area contributed by atoms with E-state index in [1.165, 1.54) is 0 Å². The number of hydrogen-bond donors (Lipinski definition) is 3. The molecule has 1 fully saturated rings. The summed E-state index contributed by atoms with van der Waals surface area (Å²) >= 11 is 0. The fourth-order valence-electron chi connectivity index (χ4n) is 2.04. The lowest BCUT2D eigenvalue weighted by Crippen LogP contribution is -2.53. The third kappa shape index (κ3) is 5.34. The number of nitrogens with one attached hydrogen (secondary N) is 2. The van der Waals surface area contributed by atoms with Crippen molar-refractivity contribution in [2.45, 2.75) is 44.2 Å². The highest BCUT2D eigenvalue weighted by Crippen LogP contribution is 2.21. The van der Waals surface area contributed by atoms with Crippen molar-refractivity contribution in [1.82, 2.24) is 10.6 Å². The van der Waals surface area contributed by atoms with Crippen LogP contribution < -0.4 is 10.6 Å². The summed E-state index contributed by atoms with van der Waals surface area (Å²) < 4.78 is 10.7. The fourth-order valence-corrected chi connectivity index (χ4v) is 2.04. The number of rotatable bonds is 7. The topological polar surface area (TPSA) is 96.9 Å². The Kier molecular flexibility index (Phi) is 5.76. The van der Waals surface area contributed by atoms with Gasteiger partial charge in [0.25, 0.3) is 0 Å². The van der Waals surface area contributed by atoms with Gasteiger partial charge in [-0.25, -0.2) is 4.79 Å². The van der Waals surface area contributed by atoms with E-state index in [-0.39, 0.29) is 12.5 Å². The molecule has 0 bridgehead atoms. The maximum Gasteiger partial charge on any atom is 0.315 e. The number of amides is 2. The van der Waals surface area contributed by atoms with Crippen LogP contribution in [-0.4, -0.2) is 55.1 Å². The summed E-state index contributed by atoms with van der Waals surface area (Å²) in [6, 6.07) is -0.330. The highest BCUT2D eigenvalue weighted by atomic mass is 16.5. The summed E-state index contributed by atoms with van der Waals surface area (Å²) in [5.74, 6) is -0.873. The van der Waals surface area contributed by atoms with Gasteiger partial charge in [0.1, 0.15) is 5.60 Å². The Hall–Kier alpha value is -1.34. The summed E-state index contributed by atoms with van der Waals surface area (Å²) in [7, 11) is 1.60. The van der Waals surface area contributed by atoms with Gasteiger partial charge in [-0.3, -0.25) is 4.79 Å². The molecular formula is C13H24N2O5. The lowest BCUT2D eigenvalue weighted by atomic mass is 9.98. The average molecular weight is 288 g/mol. The van der Waals surface area contributed by atoms with E-state index in [1.54, 1.807) is 21.0 Å². The summed E-state index contributed by atoms with van der Waals surface area (Å²) in [4.78, 5) is 22.4. The smallest absolute Gasteiger partial charge is 0.315 e. The molecule has 1 heterocycles. The van der Waals surface area contributed by atoms with E-state index >= 15 is 0 Å². The molecule has 20 heavy (non-hydrogen) atoms. The van der Waals surface area contributed by atoms with Crippen molar-refractivity contribution in [3.05, 3.63) is 0 Å². The van der Waals surface area contributed by atoms with Crippen LogP contribution in [0.2, 0.25) is 0 Å². The summed E-state index contributed by atoms with van der Waals surface area (Å²) in [6.45, 7) is 5.04. The Labute approximate surface area is 119 Å². The quantitative estimate of drug-likeness (QED) is 0.642. The third-order valence-corrected chi connectivity index (χ3v) is 3.49. The molecule has 0 aromatic rings. The number of carbonyl (C=O) groups excluding carboxylic acids is 1. The molecule has 0 aliphatic carbocycles. The van der Waals surface area contributed by atoms with Gasteiger partial charge in [0, 0.05) is 32.1 Å². The van der Waals surface area contributed by atoms with Gasteiger partial charge in [-0.2, -0.15) is 0 Å². The van der Waals surface area contributed by atoms with E-state index < -0.39 is 17.1 Å². The molecule has 3 N–H and O–H groups in total. The summed E-state index contributed by atoms with van der Waals surface area (Å²) in [5.41, 5.74) is -1.03. The Bertz CT molecular complexity index is 351. The van der Waals surface area contributed by atoms with Crippen molar-refractivity contribution in [2.75, 3.05) is 26.9 Å². The fraction of sp³-hybridized carbons (Fsp3) is 0.846. The number of ether oxygens (including phenoxy) is 2. The third-order valence-electron chi connectivity index (χ3n) is 3.49. The van der Waals surface area contributed by atoms with E-state index in [2.05, 4.69) is 10.6 Å². The molecule has 0 aromatic carbocycles. The van der Waals surface area contributed by atoms with Crippen molar-refractivity contribution in [2.24, 2.45) is 0 Å². The zero-order valence-corrected chi connectivity index (χ0v) is 12.3. The van der Waals surface area contributed by atoms with Crippen molar-refractivity contribution in [3.8, 4) is 0 Å². The number of carboxylic acid groups (broad SMARTS) is 1. The molecule has 0 spiro atoms. The lowest BCUT2D eigenvalue weighted by molar-refractivity contribution is -0.137. The molecule has 7 nitrogen and oxygen atoms in total. The molecule has 1 rings (SSSR count). The Morgan fingerprint density at radius 2 is 2.15 bits per heavy atom. The van der Waals surface area contributed by atoms with Crippen LogP contribution in [0, 0.1) is 0 Å². The van der Waals surface area contributed by atoms with Gasteiger partial charge < -0.3 is 25.2 Å². The number of carbonyl (C=O) groups is 2. The normalized spacial score (nSPS) is 22.6. The Morgan fingerprint density at radius 1 is 1.45 bits per heavy atom. The summed E-state index contributed by atoms with van der Waals surface area (Å²) in [6.07, 6.45) is 1.13. The molecule has 1 unspecified atom stereocenters. The van der Waals surface area contributed by atoms with Crippen LogP contribution in [0.5, 0.6) is 0 Å². The standard InChI is InChI=1S/C13H24N2O5/c1-12(2,5-4-10(16)17)15-11(18)14-8-13(19-3)6-7-20-9-13/h4-9H2,1-3H3,(H,16,17)(H2,14,15,18). The number of carboxylic acids is 1. The maximum atomic E-state index is 11.9. The van der Waals surface area contributed by atoms with E-state index in [4.69, 9.17) is 14.6 Å². The molecule has 116 valence electrons. The van der Waals surface area contributed by atoms with Crippen LogP contribution >= 0.6 is 0 Å². The van der Waals surface area contributed by atoms with Crippen molar-refractivity contribution in [1.29, 1.82) is 0 Å². The van der Waals surface area contributed by atoms with E-state index in [9.17, 15) is 9.59 Å². The van der Waals surface area contributed by atoms with Crippen LogP contribution in [-0.2, 0) is 14.3 Å². The lowest BCUT2D eigenvalue weighted by Gasteiger charge is -2.29. The molecule has 0 saturated carbocycles. The first kappa shape index (κ1) is 16.7. The van der Waals surface area contributed by atoms with Gasteiger partial charge in [-0.1, -0.05) is 0 Å². The van der Waals surface area contributed by atoms with Crippen molar-refractivity contribution < 1.29 is 24.2 Å². The van der Waals surface area contributed by atoms with Crippen LogP contribution in [0.4, 0.5) is 4.79 Å². The predicted octanol–water partition coefficient (Wildman–Crippen LogP) is 0.735. The zero-order valence-electron chi connectivity index (χ0n) is 12.3. The van der Waals surface area contributed by atoms with E-state index in [0.29, 0.717) is 26.2 Å². The van der Waals surface area contributed by atoms with Gasteiger partial charge in [-0.05, 0) is 20.3 Å². The number of urea groups is 1. The molecule has 0 aromatic heterocycles. The number of aliphatic carboxylic acids is 1. The minimum atomic E-state index is -0.873. The number of hydrogen-bond acceptors (Lipinski definition) is 4. The summed E-state index contributed by atoms with van der Waals surface area (Å²) in [5, 5.41) is 14.2. The van der Waals surface area contributed by atoms with Gasteiger partial charge in [-0.15, -0.1) is 0 Å². The van der Waals surface area contributed by atoms with Gasteiger partial charge in [0.05, 0.1) is 13.2 Å². The van der Waals surface area contributed by atoms with Gasteiger partial charge in [0.2, 0.25) is 0 Å². The van der Waals surface area contributed by atoms with Crippen molar-refractivity contribution >= 4 is 12.0 Å². The highest BCUT2D eigenvalue weighted by Gasteiger charge is 2.35. The maximum absolute atomic E-state index is 11.9. The van der Waals surface area contributed by atoms with E-state index in [1.807, 2.05) is 0 Å². The van der Waals surface area contributed by atoms with Crippen LogP contribution in [0.15, 0.2) is 0 Å². The monoisotopic (exact) mass is 288 g/mol. The van der Waals surface area contributed by atoms with Crippen LogP contribution in [0.3, 0.4) is 0 Å². The molecule has 7 heteroatoms. The molecule has 1 aliphatic heterocycles. The molecule has 2 amide bonds. The largest absolute Gasteiger partial charge is 0.481 e. The second-order valence-electron chi connectivity index (χ2n) is 5.78. The molecule has 1 saturated heterocycles. The van der Waals surface area contributed by atoms with E-state index in [0.717, 1.165) is 6.42 Å². The Balaban J connectivity index is 2.37. The minimum absolute atomic E-state index is 0.0170. The van der Waals surface area contributed by atoms with Crippen LogP contribution in [0.1, 0.15) is 33.1 Å². The second-order valence-corrected chi connectivity index (χ2v) is 5.78. The first-order valence-electron chi connectivity index (χ1n) is 6.69.